The minimum Gasteiger partial charge on any atom is -0.371 e. The Labute approximate surface area is 170 Å². The zero-order valence-corrected chi connectivity index (χ0v) is 16.5. The van der Waals surface area contributed by atoms with Gasteiger partial charge in [-0.1, -0.05) is 12.1 Å². The number of hydrogen-bond acceptors (Lipinski definition) is 3. The molecule has 0 radical (unpaired) electrons. The number of aryl methyl sites for hydroxylation is 1. The number of carbonyl (C=O) groups is 1. The number of alkyl halides is 2. The van der Waals surface area contributed by atoms with Crippen LogP contribution in [0.1, 0.15) is 28.8 Å². The van der Waals surface area contributed by atoms with E-state index in [1.807, 2.05) is 4.90 Å². The molecule has 2 N–H and O–H groups in total. The van der Waals surface area contributed by atoms with Crippen molar-refractivity contribution in [3.8, 4) is 0 Å². The molecule has 1 fully saturated rings. The molecule has 0 atom stereocenters. The second-order valence-electron chi connectivity index (χ2n) is 7.69. The fraction of sp³-hybridized carbons (Fsp3) is 0.333. The highest BCUT2D eigenvalue weighted by molar-refractivity contribution is 5.97. The molecular formula is C21H21F3N4O2. The molecule has 1 aromatic heterocycles. The lowest BCUT2D eigenvalue weighted by Gasteiger charge is -2.42. The Morgan fingerprint density at radius 1 is 1.23 bits per heavy atom. The number of aromatic amines is 1. The quantitative estimate of drug-likeness (QED) is 0.669. The van der Waals surface area contributed by atoms with E-state index in [2.05, 4.69) is 10.3 Å². The van der Waals surface area contributed by atoms with E-state index in [1.165, 1.54) is 23.7 Å². The number of benzene rings is 2. The topological polar surface area (TPSA) is 70.1 Å². The van der Waals surface area contributed by atoms with Gasteiger partial charge in [-0.25, -0.2) is 18.0 Å². The van der Waals surface area contributed by atoms with Crippen LogP contribution in [0, 0.1) is 5.82 Å². The number of H-pyrrole nitrogens is 1. The smallest absolute Gasteiger partial charge is 0.326 e. The Morgan fingerprint density at radius 2 is 1.90 bits per heavy atom. The number of rotatable bonds is 5. The lowest BCUT2D eigenvalue weighted by molar-refractivity contribution is -0.0849. The molecule has 1 amide bonds. The molecule has 1 aliphatic carbocycles. The van der Waals surface area contributed by atoms with Gasteiger partial charge >= 0.3 is 5.69 Å². The summed E-state index contributed by atoms with van der Waals surface area (Å²) in [4.78, 5) is 28.3. The van der Waals surface area contributed by atoms with Crippen molar-refractivity contribution in [1.29, 1.82) is 0 Å². The first kappa shape index (κ1) is 20.1. The Morgan fingerprint density at radius 3 is 2.53 bits per heavy atom. The lowest BCUT2D eigenvalue weighted by atomic mass is 9.87. The first-order valence-electron chi connectivity index (χ1n) is 9.51. The molecule has 0 saturated heterocycles. The zero-order valence-electron chi connectivity index (χ0n) is 16.5. The van der Waals surface area contributed by atoms with Gasteiger partial charge in [-0.15, -0.1) is 0 Å². The van der Waals surface area contributed by atoms with Crippen LogP contribution in [-0.2, 0) is 13.6 Å². The van der Waals surface area contributed by atoms with E-state index in [0.29, 0.717) is 5.52 Å². The summed E-state index contributed by atoms with van der Waals surface area (Å²) in [5.41, 5.74) is 1.34. The van der Waals surface area contributed by atoms with Crippen LogP contribution in [0.2, 0.25) is 0 Å². The molecule has 4 rings (SSSR count). The van der Waals surface area contributed by atoms with Crippen LogP contribution in [0.15, 0.2) is 41.2 Å². The molecular weight excluding hydrogens is 397 g/mol. The van der Waals surface area contributed by atoms with Crippen molar-refractivity contribution in [3.63, 3.8) is 0 Å². The normalized spacial score (nSPS) is 15.8. The summed E-state index contributed by atoms with van der Waals surface area (Å²) in [6.07, 6.45) is -0.298. The van der Waals surface area contributed by atoms with E-state index < -0.39 is 23.3 Å². The minimum absolute atomic E-state index is 0.0101. The molecule has 0 unspecified atom stereocenters. The molecule has 3 aromatic rings. The Kier molecular flexibility index (Phi) is 4.83. The van der Waals surface area contributed by atoms with Crippen molar-refractivity contribution in [1.82, 2.24) is 14.9 Å². The Bertz CT molecular complexity index is 1160. The number of aromatic nitrogens is 2. The number of anilines is 1. The van der Waals surface area contributed by atoms with Gasteiger partial charge in [-0.05, 0) is 29.8 Å². The second kappa shape index (κ2) is 7.23. The van der Waals surface area contributed by atoms with E-state index in [-0.39, 0.29) is 36.5 Å². The molecule has 1 aliphatic rings. The fourth-order valence-corrected chi connectivity index (χ4v) is 3.68. The molecule has 9 heteroatoms. The van der Waals surface area contributed by atoms with Crippen LogP contribution in [0.3, 0.4) is 0 Å². The largest absolute Gasteiger partial charge is 0.371 e. The van der Waals surface area contributed by atoms with Crippen LogP contribution in [0.5, 0.6) is 0 Å². The van der Waals surface area contributed by atoms with Crippen molar-refractivity contribution in [2.24, 2.45) is 7.05 Å². The standard InChI is InChI=1S/C21H21F3N4O2/c1-27(14-9-21(23,24)10-14)13-5-3-12(4-6-13)11-25-19(29)15-7-8-16-18(17(15)22)26-20(30)28(16)2/h3-8,14H,9-11H2,1-2H3,(H,25,29)(H,26,30). The molecule has 0 aliphatic heterocycles. The third-order valence-corrected chi connectivity index (χ3v) is 5.68. The first-order valence-corrected chi connectivity index (χ1v) is 9.51. The SMILES string of the molecule is CN(c1ccc(CNC(=O)c2ccc3c([nH]c(=O)n3C)c2F)cc1)C1CC(F)(F)C1. The van der Waals surface area contributed by atoms with Gasteiger partial charge in [0.05, 0.1) is 11.1 Å². The number of fused-ring (bicyclic) bond motifs is 1. The third-order valence-electron chi connectivity index (χ3n) is 5.68. The highest BCUT2D eigenvalue weighted by Crippen LogP contribution is 2.41. The van der Waals surface area contributed by atoms with Gasteiger partial charge in [0.15, 0.2) is 5.82 Å². The number of imidazole rings is 1. The van der Waals surface area contributed by atoms with Crippen LogP contribution in [-0.4, -0.2) is 34.5 Å². The number of nitrogens with zero attached hydrogens (tertiary/aromatic N) is 2. The minimum atomic E-state index is -2.58. The number of nitrogens with one attached hydrogen (secondary N) is 2. The predicted octanol–water partition coefficient (Wildman–Crippen LogP) is 3.17. The lowest BCUT2D eigenvalue weighted by Crippen LogP contribution is -2.49. The number of halogens is 3. The van der Waals surface area contributed by atoms with Crippen LogP contribution in [0.4, 0.5) is 18.9 Å². The van der Waals surface area contributed by atoms with Crippen molar-refractivity contribution >= 4 is 22.6 Å². The molecule has 6 nitrogen and oxygen atoms in total. The zero-order chi connectivity index (χ0) is 21.6. The predicted molar refractivity (Wildman–Crippen MR) is 107 cm³/mol. The van der Waals surface area contributed by atoms with Gasteiger partial charge in [-0.3, -0.25) is 9.36 Å². The van der Waals surface area contributed by atoms with E-state index in [4.69, 9.17) is 0 Å². The fourth-order valence-electron chi connectivity index (χ4n) is 3.68. The molecule has 158 valence electrons. The van der Waals surface area contributed by atoms with Gasteiger partial charge in [0.1, 0.15) is 5.52 Å². The van der Waals surface area contributed by atoms with Crippen LogP contribution >= 0.6 is 0 Å². The highest BCUT2D eigenvalue weighted by atomic mass is 19.3. The molecule has 1 saturated carbocycles. The number of hydrogen-bond donors (Lipinski definition) is 2. The molecule has 1 heterocycles. The van der Waals surface area contributed by atoms with Crippen molar-refractivity contribution in [2.45, 2.75) is 31.4 Å². The Hall–Kier alpha value is -3.23. The van der Waals surface area contributed by atoms with E-state index in [1.54, 1.807) is 31.3 Å². The van der Waals surface area contributed by atoms with Gasteiger partial charge in [0.25, 0.3) is 11.8 Å². The summed E-state index contributed by atoms with van der Waals surface area (Å²) < 4.78 is 42.0. The van der Waals surface area contributed by atoms with Crippen LogP contribution < -0.4 is 15.9 Å². The van der Waals surface area contributed by atoms with Crippen molar-refractivity contribution < 1.29 is 18.0 Å². The summed E-state index contributed by atoms with van der Waals surface area (Å²) >= 11 is 0. The molecule has 2 aromatic carbocycles. The molecule has 0 bridgehead atoms. The van der Waals surface area contributed by atoms with Crippen molar-refractivity contribution in [2.75, 3.05) is 11.9 Å². The highest BCUT2D eigenvalue weighted by Gasteiger charge is 2.47. The average Bonchev–Trinajstić information content (AvgIpc) is 2.99. The summed E-state index contributed by atoms with van der Waals surface area (Å²) in [5.74, 6) is -3.96. The Balaban J connectivity index is 1.41. The maximum atomic E-state index is 14.6. The molecule has 30 heavy (non-hydrogen) atoms. The summed E-state index contributed by atoms with van der Waals surface area (Å²) in [5, 5.41) is 2.66. The van der Waals surface area contributed by atoms with Gasteiger partial charge in [0.2, 0.25) is 0 Å². The van der Waals surface area contributed by atoms with Gasteiger partial charge in [0, 0.05) is 45.2 Å². The number of carbonyl (C=O) groups excluding carboxylic acids is 1. The maximum absolute atomic E-state index is 14.6. The van der Waals surface area contributed by atoms with Gasteiger partial charge in [-0.2, -0.15) is 0 Å². The first-order chi connectivity index (χ1) is 14.2. The third kappa shape index (κ3) is 3.55. The van der Waals surface area contributed by atoms with E-state index >= 15 is 0 Å². The average molecular weight is 418 g/mol. The number of amides is 1. The van der Waals surface area contributed by atoms with Gasteiger partial charge < -0.3 is 15.2 Å². The maximum Gasteiger partial charge on any atom is 0.326 e. The van der Waals surface area contributed by atoms with E-state index in [9.17, 15) is 22.8 Å². The summed E-state index contributed by atoms with van der Waals surface area (Å²) in [7, 11) is 3.29. The monoisotopic (exact) mass is 418 g/mol. The van der Waals surface area contributed by atoms with Crippen molar-refractivity contribution in [3.05, 3.63) is 63.8 Å². The molecule has 0 spiro atoms. The van der Waals surface area contributed by atoms with Crippen LogP contribution in [0.25, 0.3) is 11.0 Å². The summed E-state index contributed by atoms with van der Waals surface area (Å²) in [6.45, 7) is 0.174. The van der Waals surface area contributed by atoms with E-state index in [0.717, 1.165) is 11.3 Å². The second-order valence-corrected chi connectivity index (χ2v) is 7.69. The summed E-state index contributed by atoms with van der Waals surface area (Å²) in [6, 6.07) is 9.85.